The molecule has 1 aliphatic rings. The molecule has 0 amide bonds. The molecule has 0 spiro atoms. The molecule has 0 saturated heterocycles. The number of nitrogens with one attached hydrogen (secondary N) is 1. The number of rotatable bonds is 5. The number of hydrogen-bond acceptors (Lipinski definition) is 5. The summed E-state index contributed by atoms with van der Waals surface area (Å²) in [5.41, 5.74) is 0.728. The van der Waals surface area contributed by atoms with Crippen LogP contribution in [0.4, 0.5) is 5.69 Å². The number of phenols is 1. The fourth-order valence-corrected chi connectivity index (χ4v) is 3.79. The van der Waals surface area contributed by atoms with Gasteiger partial charge in [-0.15, -0.1) is 5.11 Å². The van der Waals surface area contributed by atoms with E-state index in [-0.39, 0.29) is 17.9 Å². The number of carbonyl (C=O) groups is 1. The third-order valence-corrected chi connectivity index (χ3v) is 5.94. The number of nitrogens with zero attached hydrogens (tertiary/aromatic N) is 3. The van der Waals surface area contributed by atoms with E-state index in [1.807, 2.05) is 6.92 Å². The van der Waals surface area contributed by atoms with E-state index in [0.717, 1.165) is 5.56 Å². The van der Waals surface area contributed by atoms with Crippen LogP contribution in [-0.2, 0) is 4.79 Å². The van der Waals surface area contributed by atoms with E-state index in [1.54, 1.807) is 55.5 Å². The predicted octanol–water partition coefficient (Wildman–Crippen LogP) is 5.09. The number of aromatic amines is 1. The number of hydrogen-bond donors (Lipinski definition) is 3. The Morgan fingerprint density at radius 1 is 1.21 bits per heavy atom. The van der Waals surface area contributed by atoms with Crippen molar-refractivity contribution in [3.05, 3.63) is 92.9 Å². The van der Waals surface area contributed by atoms with E-state index in [2.05, 4.69) is 15.3 Å². The Kier molecular flexibility index (Phi) is 5.78. The lowest BCUT2D eigenvalue weighted by atomic mass is 9.84. The smallest absolute Gasteiger partial charge is 0.337 e. The second kappa shape index (κ2) is 8.55. The van der Waals surface area contributed by atoms with Crippen LogP contribution in [-0.4, -0.2) is 31.5 Å². The zero-order chi connectivity index (χ0) is 23.8. The molecule has 0 radical (unpaired) electrons. The Hall–Kier alpha value is -3.91. The standard InChI is InChI=1S/C24H21ClN4O4/c1-14-9-10-17(12-19(14)25)29-22(31)21(15(2)27-29)26-28-24(23(32)33)11-5-6-16(13-24)18-7-3-4-8-20(18)30/h3-12,27,30H,13H2,1-2H3,(H,32,33). The van der Waals surface area contributed by atoms with Crippen molar-refractivity contribution in [3.8, 4) is 11.4 Å². The fraction of sp³-hybridized carbons (Fsp3) is 0.167. The summed E-state index contributed by atoms with van der Waals surface area (Å²) < 4.78 is 1.28. The van der Waals surface area contributed by atoms with Gasteiger partial charge in [0, 0.05) is 17.0 Å². The molecule has 168 valence electrons. The zero-order valence-corrected chi connectivity index (χ0v) is 18.7. The summed E-state index contributed by atoms with van der Waals surface area (Å²) in [5, 5.41) is 31.8. The number of aromatic nitrogens is 2. The minimum Gasteiger partial charge on any atom is -0.507 e. The first kappa shape index (κ1) is 22.3. The molecule has 9 heteroatoms. The van der Waals surface area contributed by atoms with Crippen LogP contribution in [0.15, 0.2) is 75.7 Å². The van der Waals surface area contributed by atoms with E-state index >= 15 is 0 Å². The highest BCUT2D eigenvalue weighted by atomic mass is 35.5. The van der Waals surface area contributed by atoms with Gasteiger partial charge in [-0.1, -0.05) is 48.0 Å². The highest BCUT2D eigenvalue weighted by molar-refractivity contribution is 6.31. The first-order valence-electron chi connectivity index (χ1n) is 10.1. The summed E-state index contributed by atoms with van der Waals surface area (Å²) in [4.78, 5) is 25.2. The number of azo groups is 1. The van der Waals surface area contributed by atoms with Crippen molar-refractivity contribution in [3.63, 3.8) is 0 Å². The number of para-hydroxylation sites is 1. The van der Waals surface area contributed by atoms with Crippen molar-refractivity contribution in [1.29, 1.82) is 0 Å². The van der Waals surface area contributed by atoms with Crippen LogP contribution in [0.25, 0.3) is 11.3 Å². The van der Waals surface area contributed by atoms with Gasteiger partial charge in [-0.2, -0.15) is 5.11 Å². The monoisotopic (exact) mass is 464 g/mol. The lowest BCUT2D eigenvalue weighted by molar-refractivity contribution is -0.141. The summed E-state index contributed by atoms with van der Waals surface area (Å²) in [6, 6.07) is 11.9. The molecule has 0 saturated carbocycles. The molecule has 3 N–H and O–H groups in total. The lowest BCUT2D eigenvalue weighted by Crippen LogP contribution is -2.35. The number of aryl methyl sites for hydroxylation is 2. The average molecular weight is 465 g/mol. The predicted molar refractivity (Wildman–Crippen MR) is 126 cm³/mol. The van der Waals surface area contributed by atoms with E-state index in [4.69, 9.17) is 11.6 Å². The van der Waals surface area contributed by atoms with Crippen molar-refractivity contribution in [2.24, 2.45) is 10.2 Å². The van der Waals surface area contributed by atoms with E-state index < -0.39 is 17.1 Å². The highest BCUT2D eigenvalue weighted by Crippen LogP contribution is 2.37. The molecule has 8 nitrogen and oxygen atoms in total. The first-order valence-corrected chi connectivity index (χ1v) is 10.5. The number of benzene rings is 2. The normalized spacial score (nSPS) is 18.0. The van der Waals surface area contributed by atoms with Crippen molar-refractivity contribution in [1.82, 2.24) is 9.78 Å². The molecule has 0 fully saturated rings. The minimum absolute atomic E-state index is 0.000571. The quantitative estimate of drug-likeness (QED) is 0.455. The molecule has 4 rings (SSSR count). The molecule has 1 aliphatic carbocycles. The Balaban J connectivity index is 1.71. The van der Waals surface area contributed by atoms with Crippen LogP contribution in [0.5, 0.6) is 5.75 Å². The number of phenolic OH excluding ortho intramolecular Hbond substituents is 1. The molecule has 0 aliphatic heterocycles. The van der Waals surface area contributed by atoms with Gasteiger partial charge in [-0.25, -0.2) is 9.48 Å². The van der Waals surface area contributed by atoms with Crippen molar-refractivity contribution < 1.29 is 15.0 Å². The van der Waals surface area contributed by atoms with E-state index in [1.165, 1.54) is 16.8 Å². The number of halogens is 1. The highest BCUT2D eigenvalue weighted by Gasteiger charge is 2.39. The summed E-state index contributed by atoms with van der Waals surface area (Å²) in [5.74, 6) is -1.18. The topological polar surface area (TPSA) is 120 Å². The molecule has 1 aromatic heterocycles. The number of carboxylic acid groups (broad SMARTS) is 1. The van der Waals surface area contributed by atoms with Crippen molar-refractivity contribution in [2.45, 2.75) is 25.8 Å². The second-order valence-electron chi connectivity index (χ2n) is 7.83. The summed E-state index contributed by atoms with van der Waals surface area (Å²) >= 11 is 6.19. The first-order chi connectivity index (χ1) is 15.7. The summed E-state index contributed by atoms with van der Waals surface area (Å²) in [6.07, 6.45) is 4.67. The van der Waals surface area contributed by atoms with Gasteiger partial charge in [0.2, 0.25) is 5.54 Å². The third-order valence-electron chi connectivity index (χ3n) is 5.53. The molecule has 33 heavy (non-hydrogen) atoms. The van der Waals surface area contributed by atoms with Gasteiger partial charge >= 0.3 is 5.97 Å². The van der Waals surface area contributed by atoms with Gasteiger partial charge in [0.15, 0.2) is 5.69 Å². The van der Waals surface area contributed by atoms with Crippen molar-refractivity contribution in [2.75, 3.05) is 0 Å². The fourth-order valence-electron chi connectivity index (χ4n) is 3.62. The van der Waals surface area contributed by atoms with Crippen LogP contribution in [0.2, 0.25) is 5.02 Å². The molecular formula is C24H21ClN4O4. The molecule has 0 bridgehead atoms. The summed E-state index contributed by atoms with van der Waals surface area (Å²) in [6.45, 7) is 3.51. The largest absolute Gasteiger partial charge is 0.507 e. The SMILES string of the molecule is Cc1ccc(-n2[nH]c(C)c(N=NC3(C(=O)O)C=CC=C(c4ccccc4O)C3)c2=O)cc1Cl. The molecule has 1 heterocycles. The van der Waals surface area contributed by atoms with Crippen LogP contribution in [0.1, 0.15) is 23.2 Å². The maximum atomic E-state index is 13.0. The number of carboxylic acids is 1. The van der Waals surface area contributed by atoms with E-state index in [9.17, 15) is 19.8 Å². The maximum absolute atomic E-state index is 13.0. The van der Waals surface area contributed by atoms with Gasteiger partial charge in [0.25, 0.3) is 5.56 Å². The van der Waals surface area contributed by atoms with Crippen LogP contribution in [0, 0.1) is 13.8 Å². The number of H-pyrrole nitrogens is 1. The molecule has 1 atom stereocenters. The molecule has 3 aromatic rings. The van der Waals surface area contributed by atoms with Gasteiger partial charge in [0.05, 0.1) is 11.4 Å². The van der Waals surface area contributed by atoms with Gasteiger partial charge in [-0.05, 0) is 49.3 Å². The Morgan fingerprint density at radius 2 is 1.97 bits per heavy atom. The van der Waals surface area contributed by atoms with Crippen LogP contribution >= 0.6 is 11.6 Å². The van der Waals surface area contributed by atoms with E-state index in [0.29, 0.717) is 27.5 Å². The Bertz CT molecular complexity index is 1400. The molecule has 2 aromatic carbocycles. The number of aliphatic carboxylic acids is 1. The maximum Gasteiger partial charge on any atom is 0.337 e. The zero-order valence-electron chi connectivity index (χ0n) is 17.9. The van der Waals surface area contributed by atoms with Gasteiger partial charge in [-0.3, -0.25) is 9.89 Å². The number of aromatic hydroxyl groups is 1. The van der Waals surface area contributed by atoms with Crippen molar-refractivity contribution >= 4 is 28.8 Å². The third kappa shape index (κ3) is 4.12. The van der Waals surface area contributed by atoms with Gasteiger partial charge in [0.1, 0.15) is 5.75 Å². The minimum atomic E-state index is -1.72. The second-order valence-corrected chi connectivity index (χ2v) is 8.24. The lowest BCUT2D eigenvalue weighted by Gasteiger charge is -2.24. The number of allylic oxidation sites excluding steroid dienone is 2. The Morgan fingerprint density at radius 3 is 2.67 bits per heavy atom. The van der Waals surface area contributed by atoms with Crippen LogP contribution in [0.3, 0.4) is 0 Å². The van der Waals surface area contributed by atoms with Gasteiger partial charge < -0.3 is 10.2 Å². The molecular weight excluding hydrogens is 444 g/mol. The molecule has 1 unspecified atom stereocenters. The summed E-state index contributed by atoms with van der Waals surface area (Å²) in [7, 11) is 0. The van der Waals surface area contributed by atoms with Crippen LogP contribution < -0.4 is 5.56 Å². The Labute approximate surface area is 194 Å². The average Bonchev–Trinajstić information content (AvgIpc) is 3.08.